The van der Waals surface area contributed by atoms with Gasteiger partial charge in [0.15, 0.2) is 5.60 Å². The fourth-order valence-electron chi connectivity index (χ4n) is 1.44. The van der Waals surface area contributed by atoms with Gasteiger partial charge in [0.2, 0.25) is 5.13 Å². The SMILES string of the molecule is Cc1nnc(NC(=O)C(C)(C)Oc2ccc(F)cc2)s1. The average Bonchev–Trinajstić information content (AvgIpc) is 2.77. The minimum absolute atomic E-state index is 0.349. The number of hydrogen-bond acceptors (Lipinski definition) is 5. The van der Waals surface area contributed by atoms with Crippen molar-refractivity contribution in [3.05, 3.63) is 35.1 Å². The number of amides is 1. The van der Waals surface area contributed by atoms with Crippen molar-refractivity contribution in [2.24, 2.45) is 0 Å². The third-order valence-corrected chi connectivity index (χ3v) is 3.23. The Morgan fingerprint density at radius 3 is 2.50 bits per heavy atom. The van der Waals surface area contributed by atoms with E-state index in [1.807, 2.05) is 0 Å². The average molecular weight is 295 g/mol. The Bertz CT molecular complexity index is 610. The lowest BCUT2D eigenvalue weighted by Gasteiger charge is -2.24. The van der Waals surface area contributed by atoms with Crippen LogP contribution in [-0.4, -0.2) is 21.7 Å². The van der Waals surface area contributed by atoms with Crippen molar-refractivity contribution in [1.29, 1.82) is 0 Å². The van der Waals surface area contributed by atoms with Crippen molar-refractivity contribution in [2.45, 2.75) is 26.4 Å². The summed E-state index contributed by atoms with van der Waals surface area (Å²) < 4.78 is 18.4. The van der Waals surface area contributed by atoms with Crippen LogP contribution in [-0.2, 0) is 4.79 Å². The Morgan fingerprint density at radius 1 is 1.30 bits per heavy atom. The summed E-state index contributed by atoms with van der Waals surface area (Å²) in [5.74, 6) is -0.290. The first-order chi connectivity index (χ1) is 9.37. The van der Waals surface area contributed by atoms with E-state index in [1.54, 1.807) is 20.8 Å². The Labute approximate surface area is 119 Å². The second kappa shape index (κ2) is 5.54. The molecule has 0 bridgehead atoms. The smallest absolute Gasteiger partial charge is 0.269 e. The number of benzene rings is 1. The largest absolute Gasteiger partial charge is 0.478 e. The molecule has 0 saturated heterocycles. The lowest BCUT2D eigenvalue weighted by molar-refractivity contribution is -0.128. The first-order valence-corrected chi connectivity index (χ1v) is 6.74. The van der Waals surface area contributed by atoms with Gasteiger partial charge in [0.1, 0.15) is 16.6 Å². The predicted molar refractivity (Wildman–Crippen MR) is 74.4 cm³/mol. The number of hydrogen-bond donors (Lipinski definition) is 1. The summed E-state index contributed by atoms with van der Waals surface area (Å²) in [5, 5.41) is 11.5. The fourth-order valence-corrected chi connectivity index (χ4v) is 2.03. The molecule has 1 amide bonds. The van der Waals surface area contributed by atoms with Gasteiger partial charge >= 0.3 is 0 Å². The van der Waals surface area contributed by atoms with Crippen LogP contribution in [0.5, 0.6) is 5.75 Å². The molecule has 2 aromatic rings. The molecule has 0 aliphatic rings. The highest BCUT2D eigenvalue weighted by Crippen LogP contribution is 2.21. The van der Waals surface area contributed by atoms with Crippen molar-refractivity contribution >= 4 is 22.4 Å². The van der Waals surface area contributed by atoms with Crippen LogP contribution in [0.15, 0.2) is 24.3 Å². The maximum atomic E-state index is 12.8. The van der Waals surface area contributed by atoms with E-state index in [1.165, 1.54) is 35.6 Å². The molecule has 0 fully saturated rings. The summed E-state index contributed by atoms with van der Waals surface area (Å²) in [6, 6.07) is 5.49. The van der Waals surface area contributed by atoms with Gasteiger partial charge in [0.05, 0.1) is 0 Å². The van der Waals surface area contributed by atoms with Crippen LogP contribution < -0.4 is 10.1 Å². The normalized spacial score (nSPS) is 11.2. The van der Waals surface area contributed by atoms with Crippen LogP contribution >= 0.6 is 11.3 Å². The van der Waals surface area contributed by atoms with Crippen molar-refractivity contribution < 1.29 is 13.9 Å². The Balaban J connectivity index is 2.05. The molecule has 20 heavy (non-hydrogen) atoms. The Hall–Kier alpha value is -2.02. The van der Waals surface area contributed by atoms with E-state index in [0.717, 1.165) is 5.01 Å². The van der Waals surface area contributed by atoms with Crippen molar-refractivity contribution in [3.63, 3.8) is 0 Å². The van der Waals surface area contributed by atoms with Gasteiger partial charge in [-0.05, 0) is 45.0 Å². The molecule has 1 aromatic heterocycles. The number of anilines is 1. The highest BCUT2D eigenvalue weighted by molar-refractivity contribution is 7.15. The van der Waals surface area contributed by atoms with Gasteiger partial charge in [-0.1, -0.05) is 11.3 Å². The van der Waals surface area contributed by atoms with E-state index in [-0.39, 0.29) is 11.7 Å². The minimum atomic E-state index is -1.11. The van der Waals surface area contributed by atoms with Gasteiger partial charge in [0, 0.05) is 0 Å². The zero-order chi connectivity index (χ0) is 14.8. The van der Waals surface area contributed by atoms with Crippen LogP contribution in [0.3, 0.4) is 0 Å². The number of halogens is 1. The molecule has 0 spiro atoms. The molecule has 5 nitrogen and oxygen atoms in total. The molecule has 1 aromatic carbocycles. The summed E-state index contributed by atoms with van der Waals surface area (Å²) >= 11 is 1.28. The standard InChI is InChI=1S/C13H14FN3O2S/c1-8-16-17-12(20-8)15-11(18)13(2,3)19-10-6-4-9(14)5-7-10/h4-7H,1-3H3,(H,15,17,18). The molecule has 0 aliphatic carbocycles. The summed E-state index contributed by atoms with van der Waals surface area (Å²) in [4.78, 5) is 12.1. The highest BCUT2D eigenvalue weighted by atomic mass is 32.1. The number of ether oxygens (including phenoxy) is 1. The maximum Gasteiger partial charge on any atom is 0.269 e. The van der Waals surface area contributed by atoms with E-state index in [4.69, 9.17) is 4.74 Å². The number of carbonyl (C=O) groups is 1. The lowest BCUT2D eigenvalue weighted by atomic mass is 10.1. The molecule has 0 radical (unpaired) electrons. The van der Waals surface area contributed by atoms with Crippen LogP contribution in [0.4, 0.5) is 9.52 Å². The number of nitrogens with zero attached hydrogens (tertiary/aromatic N) is 2. The third kappa shape index (κ3) is 3.51. The van der Waals surface area contributed by atoms with Gasteiger partial charge in [-0.15, -0.1) is 10.2 Å². The summed E-state index contributed by atoms with van der Waals surface area (Å²) in [6.07, 6.45) is 0. The molecule has 0 atom stereocenters. The lowest BCUT2D eigenvalue weighted by Crippen LogP contribution is -2.42. The molecular formula is C13H14FN3O2S. The Kier molecular flexibility index (Phi) is 3.99. The van der Waals surface area contributed by atoms with Gasteiger partial charge in [0.25, 0.3) is 5.91 Å². The van der Waals surface area contributed by atoms with Crippen molar-refractivity contribution in [3.8, 4) is 5.75 Å². The van der Waals surface area contributed by atoms with Gasteiger partial charge in [-0.3, -0.25) is 10.1 Å². The second-order valence-corrected chi connectivity index (χ2v) is 5.83. The van der Waals surface area contributed by atoms with Gasteiger partial charge in [-0.2, -0.15) is 0 Å². The number of aromatic nitrogens is 2. The van der Waals surface area contributed by atoms with Crippen LogP contribution in [0, 0.1) is 12.7 Å². The number of nitrogens with one attached hydrogen (secondary N) is 1. The van der Waals surface area contributed by atoms with Crippen LogP contribution in [0.1, 0.15) is 18.9 Å². The number of aryl methyl sites for hydroxylation is 1. The molecule has 7 heteroatoms. The van der Waals surface area contributed by atoms with Crippen molar-refractivity contribution in [1.82, 2.24) is 10.2 Å². The summed E-state index contributed by atoms with van der Waals surface area (Å²) in [5.41, 5.74) is -1.11. The predicted octanol–water partition coefficient (Wildman–Crippen LogP) is 2.78. The van der Waals surface area contributed by atoms with E-state index in [9.17, 15) is 9.18 Å². The van der Waals surface area contributed by atoms with E-state index in [0.29, 0.717) is 10.9 Å². The van der Waals surface area contributed by atoms with Crippen LogP contribution in [0.25, 0.3) is 0 Å². The Morgan fingerprint density at radius 2 is 1.95 bits per heavy atom. The fraction of sp³-hybridized carbons (Fsp3) is 0.308. The van der Waals surface area contributed by atoms with Crippen LogP contribution in [0.2, 0.25) is 0 Å². The van der Waals surface area contributed by atoms with Crippen molar-refractivity contribution in [2.75, 3.05) is 5.32 Å². The topological polar surface area (TPSA) is 64.1 Å². The first kappa shape index (κ1) is 14.4. The van der Waals surface area contributed by atoms with E-state index < -0.39 is 5.60 Å². The zero-order valence-corrected chi connectivity index (χ0v) is 12.1. The first-order valence-electron chi connectivity index (χ1n) is 5.93. The number of rotatable bonds is 4. The molecule has 106 valence electrons. The van der Waals surface area contributed by atoms with E-state index >= 15 is 0 Å². The molecule has 2 rings (SSSR count). The quantitative estimate of drug-likeness (QED) is 0.942. The number of carbonyl (C=O) groups excluding carboxylic acids is 1. The minimum Gasteiger partial charge on any atom is -0.478 e. The second-order valence-electron chi connectivity index (χ2n) is 4.65. The molecule has 1 N–H and O–H groups in total. The van der Waals surface area contributed by atoms with Gasteiger partial charge in [-0.25, -0.2) is 4.39 Å². The maximum absolute atomic E-state index is 12.8. The monoisotopic (exact) mass is 295 g/mol. The molecule has 0 aliphatic heterocycles. The summed E-state index contributed by atoms with van der Waals surface area (Å²) in [7, 11) is 0. The van der Waals surface area contributed by atoms with E-state index in [2.05, 4.69) is 15.5 Å². The summed E-state index contributed by atoms with van der Waals surface area (Å²) in [6.45, 7) is 5.05. The molecule has 0 saturated carbocycles. The highest BCUT2D eigenvalue weighted by Gasteiger charge is 2.30. The van der Waals surface area contributed by atoms with Gasteiger partial charge < -0.3 is 4.74 Å². The third-order valence-electron chi connectivity index (χ3n) is 2.48. The molecular weight excluding hydrogens is 281 g/mol. The zero-order valence-electron chi connectivity index (χ0n) is 11.3. The molecule has 0 unspecified atom stereocenters. The molecule has 1 heterocycles.